The summed E-state index contributed by atoms with van der Waals surface area (Å²) in [4.78, 5) is 0. The van der Waals surface area contributed by atoms with Crippen molar-refractivity contribution in [2.75, 3.05) is 9.44 Å². The van der Waals surface area contributed by atoms with Gasteiger partial charge in [-0.25, -0.2) is 16.8 Å². The van der Waals surface area contributed by atoms with Gasteiger partial charge in [0.15, 0.2) is 0 Å². The smallest absolute Gasteiger partial charge is 0.255 e. The van der Waals surface area contributed by atoms with Gasteiger partial charge >= 0.3 is 0 Å². The van der Waals surface area contributed by atoms with Crippen LogP contribution < -0.4 is 9.44 Å². The molecule has 0 aromatic heterocycles. The largest absolute Gasteiger partial charge is 0.278 e. The molecule has 0 radical (unpaired) electrons. The Hall–Kier alpha value is -3.07. The second-order valence-electron chi connectivity index (χ2n) is 6.41. The van der Waals surface area contributed by atoms with E-state index >= 15 is 0 Å². The van der Waals surface area contributed by atoms with Gasteiger partial charge < -0.3 is 0 Å². The Kier molecular flexibility index (Phi) is 7.17. The normalized spacial score (nSPS) is 12.3. The van der Waals surface area contributed by atoms with Gasteiger partial charge in [0.1, 0.15) is 0 Å². The molecule has 160 valence electrons. The molecule has 0 aliphatic carbocycles. The second-order valence-corrected chi connectivity index (χ2v) is 9.98. The van der Waals surface area contributed by atoms with Crippen LogP contribution in [0.1, 0.15) is 11.1 Å². The predicted molar refractivity (Wildman–Crippen MR) is 127 cm³/mol. The van der Waals surface area contributed by atoms with Crippen molar-refractivity contribution in [2.45, 2.75) is 0 Å². The molecule has 0 saturated heterocycles. The van der Waals surface area contributed by atoms with Crippen LogP contribution in [0.4, 0.5) is 11.4 Å². The molecule has 0 aliphatic heterocycles. The van der Waals surface area contributed by atoms with E-state index in [2.05, 4.69) is 9.44 Å². The van der Waals surface area contributed by atoms with Gasteiger partial charge in [-0.15, -0.1) is 0 Å². The maximum absolute atomic E-state index is 12.5. The van der Waals surface area contributed by atoms with E-state index in [0.29, 0.717) is 11.1 Å². The van der Waals surface area contributed by atoms with E-state index in [1.807, 2.05) is 12.1 Å². The lowest BCUT2D eigenvalue weighted by Gasteiger charge is -2.12. The van der Waals surface area contributed by atoms with Crippen molar-refractivity contribution < 1.29 is 16.8 Å². The van der Waals surface area contributed by atoms with Crippen molar-refractivity contribution >= 4 is 55.2 Å². The van der Waals surface area contributed by atoms with Crippen molar-refractivity contribution in [1.82, 2.24) is 0 Å². The van der Waals surface area contributed by atoms with Crippen molar-refractivity contribution in [2.24, 2.45) is 0 Å². The van der Waals surface area contributed by atoms with E-state index in [1.54, 1.807) is 48.5 Å². The van der Waals surface area contributed by atoms with Crippen molar-refractivity contribution in [1.29, 1.82) is 0 Å². The molecule has 0 aliphatic rings. The average molecular weight is 475 g/mol. The molecule has 9 heteroatoms. The minimum absolute atomic E-state index is 0.00176. The molecule has 3 rings (SSSR count). The first-order valence-corrected chi connectivity index (χ1v) is 12.5. The van der Waals surface area contributed by atoms with Crippen molar-refractivity contribution in [3.63, 3.8) is 0 Å². The standard InChI is InChI=1S/C22H19ClN2O4S2/c23-20-11-12-21(24-30(26,27)15-13-18-7-3-1-4-8-18)22(17-20)25-31(28,29)16-14-19-9-5-2-6-10-19/h1-17,24-25H. The molecule has 31 heavy (non-hydrogen) atoms. The zero-order valence-electron chi connectivity index (χ0n) is 16.1. The Morgan fingerprint density at radius 2 is 1.06 bits per heavy atom. The molecule has 0 atom stereocenters. The van der Waals surface area contributed by atoms with Crippen LogP contribution in [0.2, 0.25) is 5.02 Å². The first-order valence-electron chi connectivity index (χ1n) is 9.04. The number of hydrogen-bond donors (Lipinski definition) is 2. The van der Waals surface area contributed by atoms with E-state index in [9.17, 15) is 16.8 Å². The number of anilines is 2. The Bertz CT molecular complexity index is 1310. The highest BCUT2D eigenvalue weighted by molar-refractivity contribution is 7.96. The van der Waals surface area contributed by atoms with Crippen LogP contribution >= 0.6 is 11.6 Å². The monoisotopic (exact) mass is 474 g/mol. The number of sulfonamides is 2. The molecular formula is C22H19ClN2O4S2. The third-order valence-corrected chi connectivity index (χ3v) is 6.20. The van der Waals surface area contributed by atoms with E-state index in [1.165, 1.54) is 30.4 Å². The van der Waals surface area contributed by atoms with Crippen molar-refractivity contribution in [3.8, 4) is 0 Å². The lowest BCUT2D eigenvalue weighted by atomic mass is 10.2. The molecular weight excluding hydrogens is 456 g/mol. The summed E-state index contributed by atoms with van der Waals surface area (Å²) in [6.45, 7) is 0. The zero-order chi connectivity index (χ0) is 22.3. The lowest BCUT2D eigenvalue weighted by Crippen LogP contribution is -2.14. The summed E-state index contributed by atoms with van der Waals surface area (Å²) in [6.07, 6.45) is 2.87. The van der Waals surface area contributed by atoms with Crippen LogP contribution in [0.15, 0.2) is 89.7 Å². The van der Waals surface area contributed by atoms with Crippen LogP contribution in [-0.2, 0) is 20.0 Å². The van der Waals surface area contributed by atoms with Crippen LogP contribution in [0, 0.1) is 0 Å². The summed E-state index contributed by atoms with van der Waals surface area (Å²) in [7, 11) is -7.83. The summed E-state index contributed by atoms with van der Waals surface area (Å²) in [5.41, 5.74) is 1.45. The number of hydrogen-bond acceptors (Lipinski definition) is 4. The fraction of sp³-hybridized carbons (Fsp3) is 0. The zero-order valence-corrected chi connectivity index (χ0v) is 18.5. The van der Waals surface area contributed by atoms with Gasteiger partial charge in [0, 0.05) is 5.02 Å². The molecule has 0 spiro atoms. The van der Waals surface area contributed by atoms with Crippen LogP contribution in [0.25, 0.3) is 12.2 Å². The van der Waals surface area contributed by atoms with Crippen molar-refractivity contribution in [3.05, 3.63) is 106 Å². The van der Waals surface area contributed by atoms with Gasteiger partial charge in [0.2, 0.25) is 0 Å². The van der Waals surface area contributed by atoms with Gasteiger partial charge in [-0.05, 0) is 41.5 Å². The topological polar surface area (TPSA) is 92.3 Å². The first-order chi connectivity index (χ1) is 14.7. The van der Waals surface area contributed by atoms with E-state index < -0.39 is 20.0 Å². The number of nitrogens with one attached hydrogen (secondary N) is 2. The molecule has 2 N–H and O–H groups in total. The predicted octanol–water partition coefficient (Wildman–Crippen LogP) is 5.17. The third kappa shape index (κ3) is 7.29. The minimum atomic E-state index is -3.92. The lowest BCUT2D eigenvalue weighted by molar-refractivity contribution is 0.607. The number of rotatable bonds is 8. The second kappa shape index (κ2) is 9.82. The summed E-state index contributed by atoms with van der Waals surface area (Å²) in [6, 6.07) is 22.0. The third-order valence-electron chi connectivity index (χ3n) is 3.96. The summed E-state index contributed by atoms with van der Waals surface area (Å²) < 4.78 is 54.6. The van der Waals surface area contributed by atoms with E-state index in [4.69, 9.17) is 11.6 Å². The minimum Gasteiger partial charge on any atom is -0.278 e. The average Bonchev–Trinajstić information content (AvgIpc) is 2.74. The quantitative estimate of drug-likeness (QED) is 0.471. The Labute approximate surface area is 187 Å². The molecule has 0 fully saturated rings. The maximum Gasteiger partial charge on any atom is 0.255 e. The van der Waals surface area contributed by atoms with E-state index in [-0.39, 0.29) is 16.4 Å². The molecule has 0 amide bonds. The SMILES string of the molecule is O=S(=O)(C=Cc1ccccc1)Nc1ccc(Cl)cc1NS(=O)(=O)C=Cc1ccccc1. The van der Waals surface area contributed by atoms with E-state index in [0.717, 1.165) is 10.8 Å². The number of halogens is 1. The first kappa shape index (κ1) is 22.6. The molecule has 3 aromatic rings. The highest BCUT2D eigenvalue weighted by Gasteiger charge is 2.14. The van der Waals surface area contributed by atoms with Gasteiger partial charge in [-0.3, -0.25) is 9.44 Å². The van der Waals surface area contributed by atoms with Crippen LogP contribution in [0.5, 0.6) is 0 Å². The Morgan fingerprint density at radius 3 is 1.55 bits per heavy atom. The fourth-order valence-corrected chi connectivity index (χ4v) is 4.47. The summed E-state index contributed by atoms with van der Waals surface area (Å²) in [5, 5.41) is 2.24. The highest BCUT2D eigenvalue weighted by atomic mass is 35.5. The van der Waals surface area contributed by atoms with Gasteiger partial charge in [0.05, 0.1) is 22.2 Å². The molecule has 0 saturated carbocycles. The maximum atomic E-state index is 12.5. The summed E-state index contributed by atoms with van der Waals surface area (Å²) >= 11 is 5.99. The van der Waals surface area contributed by atoms with Crippen LogP contribution in [-0.4, -0.2) is 16.8 Å². The van der Waals surface area contributed by atoms with Gasteiger partial charge in [0.25, 0.3) is 20.0 Å². The molecule has 0 unspecified atom stereocenters. The Morgan fingerprint density at radius 1 is 0.613 bits per heavy atom. The fourth-order valence-electron chi connectivity index (χ4n) is 2.53. The van der Waals surface area contributed by atoms with Gasteiger partial charge in [-0.1, -0.05) is 72.3 Å². The van der Waals surface area contributed by atoms with Crippen LogP contribution in [0.3, 0.4) is 0 Å². The molecule has 6 nitrogen and oxygen atoms in total. The molecule has 0 bridgehead atoms. The molecule has 0 heterocycles. The highest BCUT2D eigenvalue weighted by Crippen LogP contribution is 2.28. The van der Waals surface area contributed by atoms with Gasteiger partial charge in [-0.2, -0.15) is 0 Å². The number of benzene rings is 3. The molecule has 3 aromatic carbocycles. The Balaban J connectivity index is 1.82. The summed E-state index contributed by atoms with van der Waals surface area (Å²) in [5.74, 6) is 0.